The molecule has 0 spiro atoms. The summed E-state index contributed by atoms with van der Waals surface area (Å²) >= 11 is 0. The Hall–Kier alpha value is -2.37. The fourth-order valence-corrected chi connectivity index (χ4v) is 4.88. The van der Waals surface area contributed by atoms with Crippen molar-refractivity contribution in [2.45, 2.75) is 52.6 Å². The van der Waals surface area contributed by atoms with Gasteiger partial charge in [-0.1, -0.05) is 26.8 Å². The topological polar surface area (TPSA) is 71.8 Å². The summed E-state index contributed by atoms with van der Waals surface area (Å²) in [5.74, 6) is 1.53. The summed E-state index contributed by atoms with van der Waals surface area (Å²) in [5, 5.41) is 6.20. The lowest BCUT2D eigenvalue weighted by Crippen LogP contribution is -2.49. The molecule has 0 aliphatic heterocycles. The minimum Gasteiger partial charge on any atom is -0.335 e. The Morgan fingerprint density at radius 1 is 1.35 bits per heavy atom. The van der Waals surface area contributed by atoms with Gasteiger partial charge in [0, 0.05) is 31.2 Å². The molecule has 2 aliphatic rings. The van der Waals surface area contributed by atoms with E-state index in [1.54, 1.807) is 18.7 Å². The Bertz CT molecular complexity index is 783. The number of hydrogen-bond donors (Lipinski definition) is 2. The average molecular weight is 353 g/mol. The first-order valence-corrected chi connectivity index (χ1v) is 9.38. The number of fused-ring (bicyclic) bond motifs is 2. The molecule has 138 valence electrons. The van der Waals surface area contributed by atoms with Crippen molar-refractivity contribution in [3.8, 4) is 5.82 Å². The molecule has 2 aromatic heterocycles. The van der Waals surface area contributed by atoms with Crippen LogP contribution in [0.4, 0.5) is 4.79 Å². The molecule has 2 amide bonds. The molecule has 2 N–H and O–H groups in total. The van der Waals surface area contributed by atoms with Gasteiger partial charge in [-0.15, -0.1) is 0 Å². The third kappa shape index (κ3) is 2.68. The second kappa shape index (κ2) is 6.11. The molecule has 0 aromatic carbocycles. The molecule has 6 nitrogen and oxygen atoms in total. The molecule has 3 atom stereocenters. The number of carbonyl (C=O) groups excluding carboxylic acids is 1. The normalized spacial score (nSPS) is 28.9. The predicted octanol–water partition coefficient (Wildman–Crippen LogP) is 3.28. The van der Waals surface area contributed by atoms with Gasteiger partial charge in [-0.25, -0.2) is 14.8 Å². The standard InChI is InChI=1S/C20H27N5O/c1-19(2)15-6-7-20(19,3)16(10-15)24-18(26)23-12-14-4-5-17(22-11-14)25-9-8-21-13-25/h4-5,8-9,11,13,15-16H,6-7,10,12H2,1-3H3,(H2,23,24,26)/t15-,16-,20-/m0/s1. The van der Waals surface area contributed by atoms with E-state index in [0.29, 0.717) is 12.0 Å². The van der Waals surface area contributed by atoms with Crippen LogP contribution in [0.3, 0.4) is 0 Å². The van der Waals surface area contributed by atoms with Gasteiger partial charge in [0.25, 0.3) is 0 Å². The Labute approximate surface area is 154 Å². The molecular weight excluding hydrogens is 326 g/mol. The van der Waals surface area contributed by atoms with Crippen molar-refractivity contribution >= 4 is 6.03 Å². The zero-order valence-corrected chi connectivity index (χ0v) is 15.7. The Morgan fingerprint density at radius 3 is 2.77 bits per heavy atom. The molecule has 26 heavy (non-hydrogen) atoms. The fraction of sp³-hybridized carbons (Fsp3) is 0.550. The fourth-order valence-electron chi connectivity index (χ4n) is 4.88. The summed E-state index contributed by atoms with van der Waals surface area (Å²) in [7, 11) is 0. The van der Waals surface area contributed by atoms with Crippen molar-refractivity contribution in [3.05, 3.63) is 42.6 Å². The van der Waals surface area contributed by atoms with Crippen molar-refractivity contribution in [1.82, 2.24) is 25.2 Å². The summed E-state index contributed by atoms with van der Waals surface area (Å²) in [6, 6.07) is 4.08. The first-order valence-electron chi connectivity index (χ1n) is 9.38. The number of rotatable bonds is 4. The summed E-state index contributed by atoms with van der Waals surface area (Å²) in [6.45, 7) is 7.53. The highest BCUT2D eigenvalue weighted by Crippen LogP contribution is 2.65. The minimum atomic E-state index is -0.0849. The lowest BCUT2D eigenvalue weighted by molar-refractivity contribution is 0.123. The van der Waals surface area contributed by atoms with Crippen molar-refractivity contribution < 1.29 is 4.79 Å². The van der Waals surface area contributed by atoms with Gasteiger partial charge >= 0.3 is 6.03 Å². The van der Waals surface area contributed by atoms with E-state index in [9.17, 15) is 4.79 Å². The van der Waals surface area contributed by atoms with E-state index >= 15 is 0 Å². The van der Waals surface area contributed by atoms with E-state index in [0.717, 1.165) is 23.7 Å². The van der Waals surface area contributed by atoms with Gasteiger partial charge in [0.05, 0.1) is 0 Å². The van der Waals surface area contributed by atoms with E-state index in [-0.39, 0.29) is 17.5 Å². The van der Waals surface area contributed by atoms with Crippen LogP contribution >= 0.6 is 0 Å². The van der Waals surface area contributed by atoms with Crippen LogP contribution in [0.2, 0.25) is 0 Å². The van der Waals surface area contributed by atoms with E-state index in [2.05, 4.69) is 41.4 Å². The second-order valence-electron chi connectivity index (χ2n) is 8.48. The molecule has 0 saturated heterocycles. The molecular formula is C20H27N5O. The number of aromatic nitrogens is 3. The number of nitrogens with zero attached hydrogens (tertiary/aromatic N) is 3. The van der Waals surface area contributed by atoms with Gasteiger partial charge < -0.3 is 10.6 Å². The number of imidazole rings is 1. The molecule has 2 aromatic rings. The van der Waals surface area contributed by atoms with E-state index < -0.39 is 0 Å². The summed E-state index contributed by atoms with van der Waals surface area (Å²) in [4.78, 5) is 20.8. The molecule has 4 rings (SSSR count). The molecule has 2 aliphatic carbocycles. The monoisotopic (exact) mass is 353 g/mol. The summed E-state index contributed by atoms with van der Waals surface area (Å²) < 4.78 is 1.85. The molecule has 2 bridgehead atoms. The number of amides is 2. The van der Waals surface area contributed by atoms with Crippen LogP contribution in [0.1, 0.15) is 45.6 Å². The number of carbonyl (C=O) groups is 1. The quantitative estimate of drug-likeness (QED) is 0.886. The molecule has 2 heterocycles. The van der Waals surface area contributed by atoms with Crippen LogP contribution in [0.25, 0.3) is 5.82 Å². The highest BCUT2D eigenvalue weighted by molar-refractivity contribution is 5.74. The first kappa shape index (κ1) is 17.1. The van der Waals surface area contributed by atoms with Crippen LogP contribution < -0.4 is 10.6 Å². The predicted molar refractivity (Wildman–Crippen MR) is 99.7 cm³/mol. The lowest BCUT2D eigenvalue weighted by Gasteiger charge is -2.39. The molecule has 0 radical (unpaired) electrons. The van der Waals surface area contributed by atoms with Gasteiger partial charge in [-0.05, 0) is 47.6 Å². The average Bonchev–Trinajstić information content (AvgIpc) is 3.27. The molecule has 2 saturated carbocycles. The SMILES string of the molecule is CC1(C)[C@H]2CC[C@@]1(C)[C@@H](NC(=O)NCc1ccc(-n3ccnc3)nc1)C2. The summed E-state index contributed by atoms with van der Waals surface area (Å²) in [6.07, 6.45) is 10.7. The van der Waals surface area contributed by atoms with Gasteiger partial charge in [0.15, 0.2) is 0 Å². The highest BCUT2D eigenvalue weighted by atomic mass is 16.2. The number of hydrogen-bond acceptors (Lipinski definition) is 3. The van der Waals surface area contributed by atoms with Crippen molar-refractivity contribution in [2.75, 3.05) is 0 Å². The van der Waals surface area contributed by atoms with Crippen LogP contribution in [0, 0.1) is 16.7 Å². The Balaban J connectivity index is 1.32. The van der Waals surface area contributed by atoms with Crippen LogP contribution in [0.5, 0.6) is 0 Å². The zero-order valence-electron chi connectivity index (χ0n) is 15.7. The third-order valence-electron chi connectivity index (χ3n) is 7.13. The third-order valence-corrected chi connectivity index (χ3v) is 7.13. The minimum absolute atomic E-state index is 0.0849. The van der Waals surface area contributed by atoms with E-state index in [4.69, 9.17) is 0 Å². The van der Waals surface area contributed by atoms with E-state index in [1.165, 1.54) is 12.8 Å². The van der Waals surface area contributed by atoms with Gasteiger partial charge in [0.1, 0.15) is 12.1 Å². The second-order valence-corrected chi connectivity index (χ2v) is 8.48. The highest BCUT2D eigenvalue weighted by Gasteiger charge is 2.61. The summed E-state index contributed by atoms with van der Waals surface area (Å²) in [5.41, 5.74) is 1.48. The first-order chi connectivity index (χ1) is 12.4. The number of urea groups is 1. The maximum Gasteiger partial charge on any atom is 0.315 e. The Kier molecular flexibility index (Phi) is 4.01. The van der Waals surface area contributed by atoms with Crippen LogP contribution in [0.15, 0.2) is 37.1 Å². The van der Waals surface area contributed by atoms with Crippen LogP contribution in [-0.2, 0) is 6.54 Å². The van der Waals surface area contributed by atoms with Crippen molar-refractivity contribution in [2.24, 2.45) is 16.7 Å². The number of nitrogens with one attached hydrogen (secondary N) is 2. The smallest absolute Gasteiger partial charge is 0.315 e. The van der Waals surface area contributed by atoms with E-state index in [1.807, 2.05) is 22.9 Å². The van der Waals surface area contributed by atoms with Gasteiger partial charge in [-0.2, -0.15) is 0 Å². The Morgan fingerprint density at radius 2 is 2.19 bits per heavy atom. The van der Waals surface area contributed by atoms with Gasteiger partial charge in [0.2, 0.25) is 0 Å². The molecule has 2 fully saturated rings. The zero-order chi connectivity index (χ0) is 18.4. The maximum atomic E-state index is 12.4. The van der Waals surface area contributed by atoms with Crippen molar-refractivity contribution in [1.29, 1.82) is 0 Å². The van der Waals surface area contributed by atoms with Gasteiger partial charge in [-0.3, -0.25) is 4.57 Å². The van der Waals surface area contributed by atoms with Crippen molar-refractivity contribution in [3.63, 3.8) is 0 Å². The number of pyridine rings is 1. The van der Waals surface area contributed by atoms with Crippen LogP contribution in [-0.4, -0.2) is 26.6 Å². The maximum absolute atomic E-state index is 12.4. The molecule has 0 unspecified atom stereocenters. The molecule has 6 heteroatoms. The lowest BCUT2D eigenvalue weighted by atomic mass is 9.69. The largest absolute Gasteiger partial charge is 0.335 e.